The third-order valence-corrected chi connectivity index (χ3v) is 6.74. The minimum atomic E-state index is -3.80. The molecular weight excluding hydrogens is 394 g/mol. The first-order valence-electron chi connectivity index (χ1n) is 9.25. The lowest BCUT2D eigenvalue weighted by molar-refractivity contribution is -0.143. The second-order valence-corrected chi connectivity index (χ2v) is 8.94. The fourth-order valence-corrected chi connectivity index (χ4v) is 4.77. The van der Waals surface area contributed by atoms with Crippen LogP contribution in [-0.2, 0) is 14.8 Å². The number of hydrogen-bond acceptors (Lipinski definition) is 7. The maximum Gasteiger partial charge on any atom is 0.307 e. The molecular formula is C19H21N5O4S. The molecule has 0 amide bonds. The first-order chi connectivity index (χ1) is 13.9. The number of nitrogens with zero attached hydrogens (tertiary/aromatic N) is 4. The highest BCUT2D eigenvalue weighted by Gasteiger charge is 2.26. The average molecular weight is 415 g/mol. The molecule has 4 rings (SSSR count). The minimum Gasteiger partial charge on any atom is -0.481 e. The number of aromatic nitrogens is 3. The molecule has 1 saturated heterocycles. The average Bonchev–Trinajstić information content (AvgIpc) is 3.14. The number of rotatable bonds is 5. The molecule has 152 valence electrons. The van der Waals surface area contributed by atoms with Crippen molar-refractivity contribution in [2.75, 3.05) is 18.5 Å². The van der Waals surface area contributed by atoms with Gasteiger partial charge in [-0.1, -0.05) is 17.7 Å². The van der Waals surface area contributed by atoms with E-state index in [0.717, 1.165) is 16.0 Å². The number of aryl methyl sites for hydroxylation is 1. The predicted molar refractivity (Wildman–Crippen MR) is 107 cm³/mol. The summed E-state index contributed by atoms with van der Waals surface area (Å²) in [5.74, 6) is -0.821. The van der Waals surface area contributed by atoms with Crippen molar-refractivity contribution < 1.29 is 18.3 Å². The van der Waals surface area contributed by atoms with Gasteiger partial charge in [-0.05, 0) is 38.0 Å². The van der Waals surface area contributed by atoms with Crippen LogP contribution in [0.2, 0.25) is 0 Å². The Morgan fingerprint density at radius 3 is 2.69 bits per heavy atom. The normalized spacial score (nSPS) is 18.0. The molecule has 29 heavy (non-hydrogen) atoms. The Bertz CT molecular complexity index is 1160. The van der Waals surface area contributed by atoms with E-state index in [1.807, 2.05) is 6.92 Å². The van der Waals surface area contributed by atoms with Crippen LogP contribution < -0.4 is 5.43 Å². The number of nitrogens with one attached hydrogen (secondary N) is 1. The summed E-state index contributed by atoms with van der Waals surface area (Å²) in [5.41, 5.74) is 4.36. The molecule has 2 N–H and O–H groups in total. The lowest BCUT2D eigenvalue weighted by atomic mass is 10.00. The minimum absolute atomic E-state index is 0.175. The molecule has 1 fully saturated rings. The second-order valence-electron chi connectivity index (χ2n) is 7.12. The molecule has 2 aromatic heterocycles. The van der Waals surface area contributed by atoms with E-state index in [4.69, 9.17) is 0 Å². The van der Waals surface area contributed by atoms with E-state index in [1.165, 1.54) is 12.5 Å². The zero-order valence-electron chi connectivity index (χ0n) is 15.8. The smallest absolute Gasteiger partial charge is 0.307 e. The lowest BCUT2D eigenvalue weighted by Crippen LogP contribution is -2.42. The molecule has 3 heterocycles. The van der Waals surface area contributed by atoms with Crippen molar-refractivity contribution in [1.82, 2.24) is 18.9 Å². The predicted octanol–water partition coefficient (Wildman–Crippen LogP) is 2.10. The first kappa shape index (κ1) is 19.3. The van der Waals surface area contributed by atoms with Crippen LogP contribution in [-0.4, -0.2) is 51.5 Å². The van der Waals surface area contributed by atoms with Crippen LogP contribution in [0.1, 0.15) is 18.4 Å². The maximum atomic E-state index is 13.0. The van der Waals surface area contributed by atoms with Gasteiger partial charge >= 0.3 is 5.97 Å². The Hall–Kier alpha value is -2.98. The fourth-order valence-electron chi connectivity index (χ4n) is 3.47. The van der Waals surface area contributed by atoms with E-state index in [1.54, 1.807) is 35.3 Å². The van der Waals surface area contributed by atoms with Crippen molar-refractivity contribution in [2.24, 2.45) is 5.92 Å². The van der Waals surface area contributed by atoms with Gasteiger partial charge in [0.05, 0.1) is 16.2 Å². The van der Waals surface area contributed by atoms with Gasteiger partial charge in [0, 0.05) is 19.3 Å². The molecule has 0 bridgehead atoms. The van der Waals surface area contributed by atoms with Crippen LogP contribution in [0.3, 0.4) is 0 Å². The van der Waals surface area contributed by atoms with Gasteiger partial charge in [0.25, 0.3) is 10.0 Å². The van der Waals surface area contributed by atoms with Crippen LogP contribution in [0.5, 0.6) is 0 Å². The Kier molecular flexibility index (Phi) is 4.97. The molecule has 10 heteroatoms. The molecule has 1 unspecified atom stereocenters. The monoisotopic (exact) mass is 415 g/mol. The summed E-state index contributed by atoms with van der Waals surface area (Å²) in [4.78, 5) is 19.9. The molecule has 0 radical (unpaired) electrons. The molecule has 1 atom stereocenters. The van der Waals surface area contributed by atoms with Gasteiger partial charge in [0.1, 0.15) is 6.33 Å². The van der Waals surface area contributed by atoms with Gasteiger partial charge in [-0.3, -0.25) is 4.79 Å². The summed E-state index contributed by atoms with van der Waals surface area (Å²) < 4.78 is 27.2. The van der Waals surface area contributed by atoms with E-state index < -0.39 is 21.9 Å². The van der Waals surface area contributed by atoms with Crippen molar-refractivity contribution in [3.8, 4) is 0 Å². The number of carboxylic acids is 1. The maximum absolute atomic E-state index is 13.0. The van der Waals surface area contributed by atoms with Crippen molar-refractivity contribution in [3.05, 3.63) is 48.4 Å². The number of aliphatic carboxylic acids is 1. The van der Waals surface area contributed by atoms with Crippen LogP contribution in [0.25, 0.3) is 11.0 Å². The standard InChI is InChI=1S/C19H21N5O4S/c1-13-4-6-15(7-5-13)29(27,28)24-10-8-16-17(20-12-21-18(16)24)22-23-9-2-3-14(11-23)19(25)26/h4-8,10,12,14H,2-3,9,11H2,1H3,(H,25,26)(H,20,21,22). The van der Waals surface area contributed by atoms with E-state index in [-0.39, 0.29) is 10.5 Å². The topological polar surface area (TPSA) is 117 Å². The zero-order chi connectivity index (χ0) is 20.6. The summed E-state index contributed by atoms with van der Waals surface area (Å²) >= 11 is 0. The van der Waals surface area contributed by atoms with Gasteiger partial charge in [-0.15, -0.1) is 0 Å². The van der Waals surface area contributed by atoms with Gasteiger partial charge in [0.15, 0.2) is 11.5 Å². The highest BCUT2D eigenvalue weighted by atomic mass is 32.2. The van der Waals surface area contributed by atoms with Crippen molar-refractivity contribution in [3.63, 3.8) is 0 Å². The highest BCUT2D eigenvalue weighted by molar-refractivity contribution is 7.90. The van der Waals surface area contributed by atoms with Gasteiger partial charge in [-0.2, -0.15) is 0 Å². The number of carboxylic acid groups (broad SMARTS) is 1. The van der Waals surface area contributed by atoms with Gasteiger partial charge in [0.2, 0.25) is 0 Å². The van der Waals surface area contributed by atoms with Crippen molar-refractivity contribution in [1.29, 1.82) is 0 Å². The lowest BCUT2D eigenvalue weighted by Gasteiger charge is -2.31. The molecule has 3 aromatic rings. The van der Waals surface area contributed by atoms with Gasteiger partial charge < -0.3 is 10.5 Å². The Balaban J connectivity index is 1.67. The molecule has 9 nitrogen and oxygen atoms in total. The SMILES string of the molecule is Cc1ccc(S(=O)(=O)n2ccc3c(NN4CCCC(C(=O)O)C4)ncnc32)cc1. The fraction of sp³-hybridized carbons (Fsp3) is 0.316. The van der Waals surface area contributed by atoms with Crippen LogP contribution in [0.15, 0.2) is 47.8 Å². The summed E-state index contributed by atoms with van der Waals surface area (Å²) in [5, 5.41) is 11.6. The summed E-state index contributed by atoms with van der Waals surface area (Å²) in [6, 6.07) is 8.26. The largest absolute Gasteiger partial charge is 0.481 e. The highest BCUT2D eigenvalue weighted by Crippen LogP contribution is 2.26. The van der Waals surface area contributed by atoms with E-state index >= 15 is 0 Å². The number of hydrogen-bond donors (Lipinski definition) is 2. The summed E-state index contributed by atoms with van der Waals surface area (Å²) in [6.07, 6.45) is 4.14. The second kappa shape index (κ2) is 7.45. The number of hydrazine groups is 1. The van der Waals surface area contributed by atoms with Gasteiger partial charge in [-0.25, -0.2) is 27.4 Å². The molecule has 0 spiro atoms. The molecule has 0 saturated carbocycles. The van der Waals surface area contributed by atoms with Crippen molar-refractivity contribution >= 4 is 32.8 Å². The number of anilines is 1. The molecule has 1 aliphatic rings. The third kappa shape index (κ3) is 3.68. The zero-order valence-corrected chi connectivity index (χ0v) is 16.6. The van der Waals surface area contributed by atoms with Crippen LogP contribution >= 0.6 is 0 Å². The van der Waals surface area contributed by atoms with E-state index in [0.29, 0.717) is 30.7 Å². The first-order valence-corrected chi connectivity index (χ1v) is 10.7. The number of benzene rings is 1. The number of fused-ring (bicyclic) bond motifs is 1. The molecule has 1 aliphatic heterocycles. The quantitative estimate of drug-likeness (QED) is 0.651. The van der Waals surface area contributed by atoms with Crippen LogP contribution in [0.4, 0.5) is 5.82 Å². The number of piperidine rings is 1. The van der Waals surface area contributed by atoms with E-state index in [2.05, 4.69) is 15.4 Å². The Labute approximate surface area is 168 Å². The number of carbonyl (C=O) groups is 1. The molecule has 1 aromatic carbocycles. The molecule has 0 aliphatic carbocycles. The summed E-state index contributed by atoms with van der Waals surface area (Å²) in [6.45, 7) is 2.92. The Morgan fingerprint density at radius 2 is 1.97 bits per heavy atom. The Morgan fingerprint density at radius 1 is 1.21 bits per heavy atom. The van der Waals surface area contributed by atoms with Crippen molar-refractivity contribution in [2.45, 2.75) is 24.7 Å². The third-order valence-electron chi connectivity index (χ3n) is 5.06. The van der Waals surface area contributed by atoms with E-state index in [9.17, 15) is 18.3 Å². The van der Waals surface area contributed by atoms with Crippen LogP contribution in [0, 0.1) is 12.8 Å². The summed E-state index contributed by atoms with van der Waals surface area (Å²) in [7, 11) is -3.80.